The lowest BCUT2D eigenvalue weighted by Gasteiger charge is -2.25. The third kappa shape index (κ3) is 6.33. The highest BCUT2D eigenvalue weighted by atomic mass is 35.5. The number of nitro groups is 1. The Kier molecular flexibility index (Phi) is 7.81. The monoisotopic (exact) mass is 421 g/mol. The molecule has 0 heterocycles. The number of benzene rings is 2. The fourth-order valence-electron chi connectivity index (χ4n) is 2.67. The molecule has 0 aromatic heterocycles. The summed E-state index contributed by atoms with van der Waals surface area (Å²) in [6.07, 6.45) is 0.229. The maximum absolute atomic E-state index is 11.6. The van der Waals surface area contributed by atoms with Crippen LogP contribution >= 0.6 is 11.6 Å². The maximum atomic E-state index is 11.6. The lowest BCUT2D eigenvalue weighted by molar-refractivity contribution is -0.384. The quantitative estimate of drug-likeness (QED) is 0.464. The average molecular weight is 422 g/mol. The Bertz CT molecular complexity index is 856. The van der Waals surface area contributed by atoms with Gasteiger partial charge in [0.2, 0.25) is 0 Å². The predicted molar refractivity (Wildman–Crippen MR) is 111 cm³/mol. The number of amides is 1. The molecule has 29 heavy (non-hydrogen) atoms. The maximum Gasteiger partial charge on any atom is 0.414 e. The third-order valence-electron chi connectivity index (χ3n) is 4.23. The van der Waals surface area contributed by atoms with Crippen molar-refractivity contribution in [1.29, 1.82) is 0 Å². The van der Waals surface area contributed by atoms with Gasteiger partial charge in [0.05, 0.1) is 16.6 Å². The summed E-state index contributed by atoms with van der Waals surface area (Å²) < 4.78 is 11.0. The van der Waals surface area contributed by atoms with Crippen molar-refractivity contribution in [3.8, 4) is 11.5 Å². The first-order valence-corrected chi connectivity index (χ1v) is 9.29. The Labute approximate surface area is 174 Å². The number of ether oxygens (including phenoxy) is 2. The number of halogens is 1. The van der Waals surface area contributed by atoms with E-state index in [-0.39, 0.29) is 16.8 Å². The average Bonchev–Trinajstić information content (AvgIpc) is 2.66. The zero-order valence-electron chi connectivity index (χ0n) is 16.8. The second-order valence-corrected chi connectivity index (χ2v) is 7.23. The second kappa shape index (κ2) is 10.1. The molecule has 8 nitrogen and oxygen atoms in total. The van der Waals surface area contributed by atoms with Crippen molar-refractivity contribution in [2.45, 2.75) is 12.5 Å². The molecule has 0 saturated carbocycles. The zero-order chi connectivity index (χ0) is 21.6. The van der Waals surface area contributed by atoms with Gasteiger partial charge in [-0.25, -0.2) is 4.79 Å². The number of rotatable bonds is 8. The molecule has 1 atom stereocenters. The molecule has 0 N–H and O–H groups in total. The van der Waals surface area contributed by atoms with Gasteiger partial charge in [0, 0.05) is 38.7 Å². The molecule has 0 aliphatic rings. The number of nitrogens with zero attached hydrogens (tertiary/aromatic N) is 3. The van der Waals surface area contributed by atoms with Gasteiger partial charge in [-0.05, 0) is 37.9 Å². The summed E-state index contributed by atoms with van der Waals surface area (Å²) in [6.45, 7) is 0.373. The van der Waals surface area contributed by atoms with Crippen LogP contribution in [0.3, 0.4) is 0 Å². The van der Waals surface area contributed by atoms with E-state index in [2.05, 4.69) is 4.90 Å². The summed E-state index contributed by atoms with van der Waals surface area (Å²) in [5.41, 5.74) is 0.960. The van der Waals surface area contributed by atoms with Crippen LogP contribution in [0.25, 0.3) is 0 Å². The summed E-state index contributed by atoms with van der Waals surface area (Å²) in [4.78, 5) is 25.3. The van der Waals surface area contributed by atoms with Crippen LogP contribution in [-0.2, 0) is 0 Å². The van der Waals surface area contributed by atoms with Gasteiger partial charge >= 0.3 is 6.09 Å². The molecule has 1 amide bonds. The van der Waals surface area contributed by atoms with E-state index in [1.807, 2.05) is 26.2 Å². The number of non-ortho nitro benzene ring substituents is 1. The van der Waals surface area contributed by atoms with Crippen LogP contribution < -0.4 is 9.47 Å². The smallest absolute Gasteiger partial charge is 0.414 e. The molecule has 2 aromatic carbocycles. The van der Waals surface area contributed by atoms with E-state index in [1.165, 1.54) is 23.1 Å². The van der Waals surface area contributed by atoms with Crippen LogP contribution in [0.15, 0.2) is 42.5 Å². The highest BCUT2D eigenvalue weighted by molar-refractivity contribution is 6.32. The van der Waals surface area contributed by atoms with E-state index in [1.54, 1.807) is 26.2 Å². The van der Waals surface area contributed by atoms with E-state index in [0.29, 0.717) is 24.5 Å². The lowest BCUT2D eigenvalue weighted by Crippen LogP contribution is -2.25. The molecule has 0 radical (unpaired) electrons. The molecule has 2 rings (SSSR count). The number of hydrogen-bond acceptors (Lipinski definition) is 6. The molecular weight excluding hydrogens is 398 g/mol. The van der Waals surface area contributed by atoms with Crippen molar-refractivity contribution in [2.75, 3.05) is 34.8 Å². The van der Waals surface area contributed by atoms with Crippen molar-refractivity contribution in [1.82, 2.24) is 9.80 Å². The molecule has 0 fully saturated rings. The van der Waals surface area contributed by atoms with E-state index < -0.39 is 11.0 Å². The Balaban J connectivity index is 2.00. The minimum absolute atomic E-state index is 0.0606. The highest BCUT2D eigenvalue weighted by Gasteiger charge is 2.16. The Morgan fingerprint density at radius 3 is 2.31 bits per heavy atom. The molecule has 0 spiro atoms. The Hall–Kier alpha value is -2.84. The second-order valence-electron chi connectivity index (χ2n) is 6.82. The standard InChI is InChI=1S/C20H24ClN3O5/c1-22(2)18(14-5-8-16(9-6-14)29-20(25)23(3)4)11-12-28-19-10-7-15(24(26)27)13-17(19)21/h5-10,13,18H,11-12H2,1-4H3/t18-/m0/s1. The molecule has 156 valence electrons. The van der Waals surface area contributed by atoms with Crippen LogP contribution in [-0.4, -0.2) is 55.6 Å². The van der Waals surface area contributed by atoms with E-state index in [4.69, 9.17) is 21.1 Å². The first-order chi connectivity index (χ1) is 13.7. The normalized spacial score (nSPS) is 11.8. The van der Waals surface area contributed by atoms with Gasteiger partial charge in [-0.2, -0.15) is 0 Å². The van der Waals surface area contributed by atoms with Crippen molar-refractivity contribution < 1.29 is 19.2 Å². The highest BCUT2D eigenvalue weighted by Crippen LogP contribution is 2.30. The summed E-state index contributed by atoms with van der Waals surface area (Å²) in [5.74, 6) is 0.875. The number of carbonyl (C=O) groups excluding carboxylic acids is 1. The van der Waals surface area contributed by atoms with Gasteiger partial charge in [-0.15, -0.1) is 0 Å². The number of hydrogen-bond donors (Lipinski definition) is 0. The Morgan fingerprint density at radius 1 is 1.14 bits per heavy atom. The molecule has 2 aromatic rings. The molecule has 0 saturated heterocycles. The molecular formula is C20H24ClN3O5. The minimum Gasteiger partial charge on any atom is -0.492 e. The van der Waals surface area contributed by atoms with Crippen molar-refractivity contribution >= 4 is 23.4 Å². The van der Waals surface area contributed by atoms with Crippen molar-refractivity contribution in [2.24, 2.45) is 0 Å². The fraction of sp³-hybridized carbons (Fsp3) is 0.350. The topological polar surface area (TPSA) is 85.1 Å². The van der Waals surface area contributed by atoms with E-state index >= 15 is 0 Å². The molecule has 0 bridgehead atoms. The van der Waals surface area contributed by atoms with E-state index in [0.717, 1.165) is 5.56 Å². The van der Waals surface area contributed by atoms with Gasteiger partial charge in [0.15, 0.2) is 0 Å². The van der Waals surface area contributed by atoms with Crippen LogP contribution in [0.1, 0.15) is 18.0 Å². The van der Waals surface area contributed by atoms with Gasteiger partial charge in [-0.3, -0.25) is 10.1 Å². The Morgan fingerprint density at radius 2 is 1.79 bits per heavy atom. The van der Waals surface area contributed by atoms with Crippen molar-refractivity contribution in [3.05, 3.63) is 63.2 Å². The van der Waals surface area contributed by atoms with E-state index in [9.17, 15) is 14.9 Å². The SMILES string of the molecule is CN(C)C(=O)Oc1ccc([C@H](CCOc2ccc([N+](=O)[O-])cc2Cl)N(C)C)cc1. The van der Waals surface area contributed by atoms with Crippen LogP contribution in [0, 0.1) is 10.1 Å². The summed E-state index contributed by atoms with van der Waals surface area (Å²) in [5, 5.41) is 11.0. The van der Waals surface area contributed by atoms with Gasteiger partial charge in [0.25, 0.3) is 5.69 Å². The lowest BCUT2D eigenvalue weighted by atomic mass is 10.0. The van der Waals surface area contributed by atoms with Crippen LogP contribution in [0.4, 0.5) is 10.5 Å². The summed E-state index contributed by atoms with van der Waals surface area (Å²) >= 11 is 6.06. The minimum atomic E-state index is -0.503. The van der Waals surface area contributed by atoms with Gasteiger partial charge in [-0.1, -0.05) is 23.7 Å². The van der Waals surface area contributed by atoms with Crippen LogP contribution in [0.5, 0.6) is 11.5 Å². The first kappa shape index (κ1) is 22.4. The molecule has 0 aliphatic heterocycles. The predicted octanol–water partition coefficient (Wildman–Crippen LogP) is 4.38. The van der Waals surface area contributed by atoms with Crippen molar-refractivity contribution in [3.63, 3.8) is 0 Å². The summed E-state index contributed by atoms with van der Waals surface area (Å²) in [6, 6.07) is 11.5. The fourth-order valence-corrected chi connectivity index (χ4v) is 2.90. The third-order valence-corrected chi connectivity index (χ3v) is 4.53. The first-order valence-electron chi connectivity index (χ1n) is 8.91. The van der Waals surface area contributed by atoms with Gasteiger partial charge < -0.3 is 19.3 Å². The molecule has 0 aliphatic carbocycles. The molecule has 0 unspecified atom stereocenters. The zero-order valence-corrected chi connectivity index (χ0v) is 17.5. The number of nitro benzene ring substituents is 1. The largest absolute Gasteiger partial charge is 0.492 e. The number of carbonyl (C=O) groups is 1. The summed E-state index contributed by atoms with van der Waals surface area (Å²) in [7, 11) is 7.17. The van der Waals surface area contributed by atoms with Crippen LogP contribution in [0.2, 0.25) is 5.02 Å². The van der Waals surface area contributed by atoms with Gasteiger partial charge in [0.1, 0.15) is 11.5 Å². The molecule has 9 heteroatoms.